The number of amides is 1. The lowest BCUT2D eigenvalue weighted by molar-refractivity contribution is -0.116. The maximum Gasteiger partial charge on any atom is 0.226 e. The summed E-state index contributed by atoms with van der Waals surface area (Å²) in [6.45, 7) is 5.87. The van der Waals surface area contributed by atoms with E-state index in [4.69, 9.17) is 11.6 Å². The number of aromatic nitrogens is 1. The maximum atomic E-state index is 12.3. The fourth-order valence-electron chi connectivity index (χ4n) is 3.26. The first kappa shape index (κ1) is 20.9. The van der Waals surface area contributed by atoms with Crippen LogP contribution in [0.2, 0.25) is 5.02 Å². The van der Waals surface area contributed by atoms with E-state index in [-0.39, 0.29) is 5.91 Å². The standard InChI is InChI=1S/C21H27ClN6O/c1-16-17(22)6-5-7-18(16)26-20(29)9-11-25-21(23-2)28-14-12-27(13-15-28)19-8-3-4-10-24-19/h3-8,10H,9,11-15H2,1-2H3,(H,23,25)(H,26,29). The van der Waals surface area contributed by atoms with Crippen LogP contribution in [0.3, 0.4) is 0 Å². The van der Waals surface area contributed by atoms with Crippen molar-refractivity contribution in [2.75, 3.05) is 50.0 Å². The van der Waals surface area contributed by atoms with Gasteiger partial charge in [-0.2, -0.15) is 0 Å². The Morgan fingerprint density at radius 2 is 1.97 bits per heavy atom. The number of carbonyl (C=O) groups is 1. The van der Waals surface area contributed by atoms with Gasteiger partial charge in [0, 0.05) is 63.1 Å². The lowest BCUT2D eigenvalue weighted by atomic mass is 10.2. The fourth-order valence-corrected chi connectivity index (χ4v) is 3.44. The van der Waals surface area contributed by atoms with Gasteiger partial charge in [0.15, 0.2) is 5.96 Å². The number of pyridine rings is 1. The molecular formula is C21H27ClN6O. The molecule has 0 saturated carbocycles. The molecule has 2 heterocycles. The van der Waals surface area contributed by atoms with E-state index in [2.05, 4.69) is 30.4 Å². The van der Waals surface area contributed by atoms with Gasteiger partial charge in [0.05, 0.1) is 0 Å². The zero-order valence-corrected chi connectivity index (χ0v) is 17.6. The Labute approximate surface area is 176 Å². The average Bonchev–Trinajstić information content (AvgIpc) is 2.75. The molecule has 0 spiro atoms. The quantitative estimate of drug-likeness (QED) is 0.581. The summed E-state index contributed by atoms with van der Waals surface area (Å²) in [6, 6.07) is 11.5. The van der Waals surface area contributed by atoms with Gasteiger partial charge < -0.3 is 20.4 Å². The van der Waals surface area contributed by atoms with Crippen LogP contribution in [0.1, 0.15) is 12.0 Å². The molecule has 1 amide bonds. The fraction of sp³-hybridized carbons (Fsp3) is 0.381. The van der Waals surface area contributed by atoms with Crippen molar-refractivity contribution in [1.29, 1.82) is 0 Å². The van der Waals surface area contributed by atoms with Crippen LogP contribution in [0.25, 0.3) is 0 Å². The van der Waals surface area contributed by atoms with Gasteiger partial charge in [0.1, 0.15) is 5.82 Å². The zero-order valence-electron chi connectivity index (χ0n) is 16.9. The van der Waals surface area contributed by atoms with E-state index in [9.17, 15) is 4.79 Å². The predicted octanol–water partition coefficient (Wildman–Crippen LogP) is 2.77. The Kier molecular flexibility index (Phi) is 7.30. The minimum atomic E-state index is -0.0571. The summed E-state index contributed by atoms with van der Waals surface area (Å²) in [5, 5.41) is 6.85. The molecule has 1 aliphatic heterocycles. The summed E-state index contributed by atoms with van der Waals surface area (Å²) in [5.74, 6) is 1.76. The number of nitrogens with zero attached hydrogens (tertiary/aromatic N) is 4. The van der Waals surface area contributed by atoms with Crippen LogP contribution in [0.5, 0.6) is 0 Å². The molecule has 1 aliphatic rings. The van der Waals surface area contributed by atoms with Crippen molar-refractivity contribution in [3.05, 3.63) is 53.2 Å². The molecule has 154 valence electrons. The van der Waals surface area contributed by atoms with Crippen LogP contribution in [0, 0.1) is 6.92 Å². The molecule has 1 saturated heterocycles. The molecule has 7 nitrogen and oxygen atoms in total. The smallest absolute Gasteiger partial charge is 0.226 e. The van der Waals surface area contributed by atoms with Crippen LogP contribution in [0.15, 0.2) is 47.6 Å². The van der Waals surface area contributed by atoms with E-state index in [1.54, 1.807) is 7.05 Å². The minimum absolute atomic E-state index is 0.0571. The Balaban J connectivity index is 1.44. The molecule has 0 bridgehead atoms. The van der Waals surface area contributed by atoms with Crippen molar-refractivity contribution in [2.24, 2.45) is 4.99 Å². The van der Waals surface area contributed by atoms with Gasteiger partial charge in [-0.05, 0) is 36.8 Å². The SMILES string of the molecule is CN=C(NCCC(=O)Nc1cccc(Cl)c1C)N1CCN(c2ccccn2)CC1. The Hall–Kier alpha value is -2.80. The largest absolute Gasteiger partial charge is 0.356 e. The van der Waals surface area contributed by atoms with Gasteiger partial charge in [0.2, 0.25) is 5.91 Å². The summed E-state index contributed by atoms with van der Waals surface area (Å²) >= 11 is 6.11. The third-order valence-electron chi connectivity index (χ3n) is 4.94. The van der Waals surface area contributed by atoms with E-state index < -0.39 is 0 Å². The zero-order chi connectivity index (χ0) is 20.6. The summed E-state index contributed by atoms with van der Waals surface area (Å²) in [6.07, 6.45) is 2.16. The number of hydrogen-bond donors (Lipinski definition) is 2. The molecule has 0 radical (unpaired) electrons. The first-order chi connectivity index (χ1) is 14.1. The summed E-state index contributed by atoms with van der Waals surface area (Å²) < 4.78 is 0. The Bertz CT molecular complexity index is 850. The molecule has 2 N–H and O–H groups in total. The first-order valence-electron chi connectivity index (χ1n) is 9.75. The highest BCUT2D eigenvalue weighted by molar-refractivity contribution is 6.31. The number of nitrogens with one attached hydrogen (secondary N) is 2. The third kappa shape index (κ3) is 5.60. The lowest BCUT2D eigenvalue weighted by Crippen LogP contribution is -2.53. The van der Waals surface area contributed by atoms with Gasteiger partial charge in [0.25, 0.3) is 0 Å². The van der Waals surface area contributed by atoms with Crippen LogP contribution in [0.4, 0.5) is 11.5 Å². The number of halogens is 1. The Morgan fingerprint density at radius 3 is 2.66 bits per heavy atom. The predicted molar refractivity (Wildman–Crippen MR) is 119 cm³/mol. The number of benzene rings is 1. The highest BCUT2D eigenvalue weighted by Crippen LogP contribution is 2.22. The molecule has 0 atom stereocenters. The third-order valence-corrected chi connectivity index (χ3v) is 5.35. The number of hydrogen-bond acceptors (Lipinski definition) is 4. The molecule has 1 aromatic heterocycles. The van der Waals surface area contributed by atoms with E-state index >= 15 is 0 Å². The Morgan fingerprint density at radius 1 is 1.17 bits per heavy atom. The van der Waals surface area contributed by atoms with E-state index in [0.717, 1.165) is 49.2 Å². The second kappa shape index (κ2) is 10.1. The molecule has 8 heteroatoms. The van der Waals surface area contributed by atoms with E-state index in [1.807, 2.05) is 49.5 Å². The maximum absolute atomic E-state index is 12.3. The molecular weight excluding hydrogens is 388 g/mol. The van der Waals surface area contributed by atoms with E-state index in [1.165, 1.54) is 0 Å². The number of carbonyl (C=O) groups excluding carboxylic acids is 1. The van der Waals surface area contributed by atoms with Crippen molar-refractivity contribution in [3.8, 4) is 0 Å². The van der Waals surface area contributed by atoms with Crippen molar-refractivity contribution >= 4 is 35.0 Å². The van der Waals surface area contributed by atoms with Crippen molar-refractivity contribution in [3.63, 3.8) is 0 Å². The molecule has 0 aliphatic carbocycles. The van der Waals surface area contributed by atoms with E-state index in [0.29, 0.717) is 18.0 Å². The topological polar surface area (TPSA) is 72.9 Å². The molecule has 0 unspecified atom stereocenters. The van der Waals surface area contributed by atoms with Gasteiger partial charge in [-0.3, -0.25) is 9.79 Å². The van der Waals surface area contributed by atoms with Crippen molar-refractivity contribution in [1.82, 2.24) is 15.2 Å². The lowest BCUT2D eigenvalue weighted by Gasteiger charge is -2.37. The first-order valence-corrected chi connectivity index (χ1v) is 10.1. The number of aliphatic imine (C=N–C) groups is 1. The highest BCUT2D eigenvalue weighted by Gasteiger charge is 2.20. The average molecular weight is 415 g/mol. The summed E-state index contributed by atoms with van der Waals surface area (Å²) in [5.41, 5.74) is 1.62. The molecule has 1 aromatic carbocycles. The minimum Gasteiger partial charge on any atom is -0.356 e. The second-order valence-electron chi connectivity index (χ2n) is 6.85. The van der Waals surface area contributed by atoms with Crippen LogP contribution < -0.4 is 15.5 Å². The highest BCUT2D eigenvalue weighted by atomic mass is 35.5. The van der Waals surface area contributed by atoms with Gasteiger partial charge in [-0.1, -0.05) is 23.7 Å². The van der Waals surface area contributed by atoms with Crippen LogP contribution in [-0.2, 0) is 4.79 Å². The monoisotopic (exact) mass is 414 g/mol. The second-order valence-corrected chi connectivity index (χ2v) is 7.25. The van der Waals surface area contributed by atoms with Crippen LogP contribution in [-0.4, -0.2) is 61.5 Å². The normalized spacial score (nSPS) is 14.7. The molecule has 29 heavy (non-hydrogen) atoms. The molecule has 1 fully saturated rings. The van der Waals surface area contributed by atoms with Crippen molar-refractivity contribution < 1.29 is 4.79 Å². The number of piperazine rings is 1. The summed E-state index contributed by atoms with van der Waals surface area (Å²) in [4.78, 5) is 25.5. The molecule has 2 aromatic rings. The van der Waals surface area contributed by atoms with Crippen LogP contribution >= 0.6 is 11.6 Å². The number of rotatable bonds is 5. The number of guanidine groups is 1. The number of anilines is 2. The molecule has 3 rings (SSSR count). The van der Waals surface area contributed by atoms with Gasteiger partial charge in [-0.15, -0.1) is 0 Å². The van der Waals surface area contributed by atoms with Crippen molar-refractivity contribution in [2.45, 2.75) is 13.3 Å². The van der Waals surface area contributed by atoms with Gasteiger partial charge in [-0.25, -0.2) is 4.98 Å². The van der Waals surface area contributed by atoms with Gasteiger partial charge >= 0.3 is 0 Å². The summed E-state index contributed by atoms with van der Waals surface area (Å²) in [7, 11) is 1.77.